The number of halogens is 3. The molecule has 1 aliphatic heterocycles. The summed E-state index contributed by atoms with van der Waals surface area (Å²) in [5, 5.41) is 4.68. The molecule has 1 N–H and O–H groups in total. The number of rotatable bonds is 2. The van der Waals surface area contributed by atoms with E-state index in [9.17, 15) is 0 Å². The van der Waals surface area contributed by atoms with Crippen molar-refractivity contribution in [3.63, 3.8) is 0 Å². The van der Waals surface area contributed by atoms with Crippen LogP contribution in [0.1, 0.15) is 12.8 Å². The molecule has 1 unspecified atom stereocenters. The predicted octanol–water partition coefficient (Wildman–Crippen LogP) is 3.78. The van der Waals surface area contributed by atoms with Gasteiger partial charge in [0.1, 0.15) is 11.9 Å². The van der Waals surface area contributed by atoms with E-state index in [0.29, 0.717) is 20.8 Å². The highest BCUT2D eigenvalue weighted by molar-refractivity contribution is 6.43. The molecule has 88 valence electrons. The Hall–Kier alpha value is -0.150. The highest BCUT2D eigenvalue weighted by Crippen LogP contribution is 2.34. The lowest BCUT2D eigenvalue weighted by atomic mass is 10.1. The standard InChI is InChI=1S/C11H12Cl3NO/c12-8-4-10(14)11(5-9(8)13)16-7-2-1-3-15-6-7/h4-5,7,15H,1-3,6H2. The van der Waals surface area contributed by atoms with Gasteiger partial charge in [-0.05, 0) is 25.5 Å². The summed E-state index contributed by atoms with van der Waals surface area (Å²) in [7, 11) is 0. The maximum Gasteiger partial charge on any atom is 0.139 e. The minimum Gasteiger partial charge on any atom is -0.487 e. The van der Waals surface area contributed by atoms with Crippen LogP contribution in [0.5, 0.6) is 5.75 Å². The molecular formula is C11H12Cl3NO. The molecule has 2 rings (SSSR count). The number of benzene rings is 1. The van der Waals surface area contributed by atoms with E-state index in [1.807, 2.05) is 0 Å². The van der Waals surface area contributed by atoms with Crippen LogP contribution >= 0.6 is 34.8 Å². The van der Waals surface area contributed by atoms with E-state index in [1.54, 1.807) is 12.1 Å². The van der Waals surface area contributed by atoms with Crippen LogP contribution in [-0.4, -0.2) is 19.2 Å². The monoisotopic (exact) mass is 279 g/mol. The van der Waals surface area contributed by atoms with Crippen molar-refractivity contribution < 1.29 is 4.74 Å². The van der Waals surface area contributed by atoms with E-state index in [2.05, 4.69) is 5.32 Å². The first-order valence-electron chi connectivity index (χ1n) is 5.19. The van der Waals surface area contributed by atoms with Crippen LogP contribution in [0.25, 0.3) is 0 Å². The van der Waals surface area contributed by atoms with Crippen LogP contribution in [0.2, 0.25) is 15.1 Å². The second-order valence-corrected chi connectivity index (χ2v) is 5.00. The van der Waals surface area contributed by atoms with Gasteiger partial charge in [-0.2, -0.15) is 0 Å². The van der Waals surface area contributed by atoms with Crippen molar-refractivity contribution in [3.8, 4) is 5.75 Å². The molecule has 0 saturated carbocycles. The van der Waals surface area contributed by atoms with Gasteiger partial charge in [0.25, 0.3) is 0 Å². The van der Waals surface area contributed by atoms with Crippen LogP contribution in [0.3, 0.4) is 0 Å². The summed E-state index contributed by atoms with van der Waals surface area (Å²) in [4.78, 5) is 0. The smallest absolute Gasteiger partial charge is 0.139 e. The minimum absolute atomic E-state index is 0.156. The van der Waals surface area contributed by atoms with Crippen molar-refractivity contribution in [3.05, 3.63) is 27.2 Å². The molecule has 5 heteroatoms. The fourth-order valence-corrected chi connectivity index (χ4v) is 2.28. The second kappa shape index (κ2) is 5.46. The van der Waals surface area contributed by atoms with E-state index in [-0.39, 0.29) is 6.10 Å². The van der Waals surface area contributed by atoms with E-state index < -0.39 is 0 Å². The van der Waals surface area contributed by atoms with Gasteiger partial charge in [0, 0.05) is 12.6 Å². The molecule has 1 aromatic rings. The van der Waals surface area contributed by atoms with Crippen molar-refractivity contribution in [2.45, 2.75) is 18.9 Å². The van der Waals surface area contributed by atoms with Gasteiger partial charge in [-0.1, -0.05) is 34.8 Å². The Morgan fingerprint density at radius 1 is 1.12 bits per heavy atom. The molecule has 1 aliphatic rings. The molecule has 0 aliphatic carbocycles. The number of nitrogens with one attached hydrogen (secondary N) is 1. The first-order valence-corrected chi connectivity index (χ1v) is 6.32. The van der Waals surface area contributed by atoms with Crippen LogP contribution in [0, 0.1) is 0 Å². The SMILES string of the molecule is Clc1cc(Cl)c(OC2CCCNC2)cc1Cl. The van der Waals surface area contributed by atoms with Crippen LogP contribution in [-0.2, 0) is 0 Å². The van der Waals surface area contributed by atoms with E-state index in [1.165, 1.54) is 0 Å². The second-order valence-electron chi connectivity index (χ2n) is 3.78. The third kappa shape index (κ3) is 2.95. The molecule has 0 radical (unpaired) electrons. The molecule has 1 saturated heterocycles. The molecule has 0 spiro atoms. The fraction of sp³-hybridized carbons (Fsp3) is 0.455. The zero-order valence-corrected chi connectivity index (χ0v) is 10.9. The molecule has 2 nitrogen and oxygen atoms in total. The Morgan fingerprint density at radius 2 is 1.88 bits per heavy atom. The third-order valence-corrected chi connectivity index (χ3v) is 3.54. The molecule has 0 amide bonds. The number of piperidine rings is 1. The summed E-state index contributed by atoms with van der Waals surface area (Å²) in [5.74, 6) is 0.602. The topological polar surface area (TPSA) is 21.3 Å². The Labute approximate surface area is 110 Å². The van der Waals surface area contributed by atoms with E-state index in [4.69, 9.17) is 39.5 Å². The van der Waals surface area contributed by atoms with Gasteiger partial charge >= 0.3 is 0 Å². The maximum atomic E-state index is 6.03. The van der Waals surface area contributed by atoms with Crippen LogP contribution in [0.4, 0.5) is 0 Å². The average Bonchev–Trinajstić information content (AvgIpc) is 2.27. The first kappa shape index (κ1) is 12.3. The van der Waals surface area contributed by atoms with E-state index >= 15 is 0 Å². The van der Waals surface area contributed by atoms with Gasteiger partial charge in [-0.3, -0.25) is 0 Å². The van der Waals surface area contributed by atoms with Crippen LogP contribution < -0.4 is 10.1 Å². The molecule has 1 aromatic carbocycles. The Balaban J connectivity index is 2.11. The zero-order valence-electron chi connectivity index (χ0n) is 8.60. The summed E-state index contributed by atoms with van der Waals surface area (Å²) in [5.41, 5.74) is 0. The Morgan fingerprint density at radius 3 is 2.56 bits per heavy atom. The van der Waals surface area contributed by atoms with Crippen LogP contribution in [0.15, 0.2) is 12.1 Å². The number of hydrogen-bond donors (Lipinski definition) is 1. The Kier molecular flexibility index (Phi) is 4.20. The van der Waals surface area contributed by atoms with Crippen molar-refractivity contribution >= 4 is 34.8 Å². The van der Waals surface area contributed by atoms with Gasteiger partial charge in [0.05, 0.1) is 15.1 Å². The molecule has 0 aromatic heterocycles. The zero-order chi connectivity index (χ0) is 11.5. The molecule has 1 heterocycles. The molecular weight excluding hydrogens is 268 g/mol. The summed E-state index contributed by atoms with van der Waals surface area (Å²) >= 11 is 17.8. The molecule has 1 atom stereocenters. The summed E-state index contributed by atoms with van der Waals surface area (Å²) in [6.07, 6.45) is 2.30. The average molecular weight is 281 g/mol. The quantitative estimate of drug-likeness (QED) is 0.833. The largest absolute Gasteiger partial charge is 0.487 e. The summed E-state index contributed by atoms with van der Waals surface area (Å²) < 4.78 is 5.78. The van der Waals surface area contributed by atoms with Crippen molar-refractivity contribution in [1.82, 2.24) is 5.32 Å². The predicted molar refractivity (Wildman–Crippen MR) is 68.0 cm³/mol. The van der Waals surface area contributed by atoms with E-state index in [0.717, 1.165) is 25.9 Å². The summed E-state index contributed by atoms with van der Waals surface area (Å²) in [6, 6.07) is 3.28. The highest BCUT2D eigenvalue weighted by atomic mass is 35.5. The van der Waals surface area contributed by atoms with Gasteiger partial charge < -0.3 is 10.1 Å². The third-order valence-electron chi connectivity index (χ3n) is 2.52. The normalized spacial score (nSPS) is 20.8. The highest BCUT2D eigenvalue weighted by Gasteiger charge is 2.16. The lowest BCUT2D eigenvalue weighted by Gasteiger charge is -2.24. The number of hydrogen-bond acceptors (Lipinski definition) is 2. The summed E-state index contributed by atoms with van der Waals surface area (Å²) in [6.45, 7) is 1.89. The fourth-order valence-electron chi connectivity index (χ4n) is 1.69. The lowest BCUT2D eigenvalue weighted by Crippen LogP contribution is -2.37. The van der Waals surface area contributed by atoms with Crippen molar-refractivity contribution in [2.24, 2.45) is 0 Å². The molecule has 0 bridgehead atoms. The minimum atomic E-state index is 0.156. The number of ether oxygens (including phenoxy) is 1. The van der Waals surface area contributed by atoms with Gasteiger partial charge in [-0.25, -0.2) is 0 Å². The van der Waals surface area contributed by atoms with Gasteiger partial charge in [0.15, 0.2) is 0 Å². The Bertz CT molecular complexity index is 378. The molecule has 1 fully saturated rings. The van der Waals surface area contributed by atoms with Gasteiger partial charge in [-0.15, -0.1) is 0 Å². The first-order chi connectivity index (χ1) is 7.66. The lowest BCUT2D eigenvalue weighted by molar-refractivity contribution is 0.167. The van der Waals surface area contributed by atoms with Crippen molar-refractivity contribution in [2.75, 3.05) is 13.1 Å². The maximum absolute atomic E-state index is 6.03. The van der Waals surface area contributed by atoms with Gasteiger partial charge in [0.2, 0.25) is 0 Å². The molecule has 16 heavy (non-hydrogen) atoms. The van der Waals surface area contributed by atoms with Crippen molar-refractivity contribution in [1.29, 1.82) is 0 Å².